The van der Waals surface area contributed by atoms with Crippen LogP contribution in [0.5, 0.6) is 0 Å². The smallest absolute Gasteiger partial charge is 0.0135 e. The first-order chi connectivity index (χ1) is 6.02. The van der Waals surface area contributed by atoms with E-state index in [9.17, 15) is 0 Å². The Morgan fingerprint density at radius 3 is 1.92 bits per heavy atom. The molecule has 0 aromatic carbocycles. The van der Waals surface area contributed by atoms with Gasteiger partial charge in [-0.3, -0.25) is 0 Å². The lowest BCUT2D eigenvalue weighted by Gasteiger charge is -2.19. The molecule has 0 rings (SSSR count). The molecule has 0 spiro atoms. The van der Waals surface area contributed by atoms with Crippen LogP contribution in [0.25, 0.3) is 0 Å². The lowest BCUT2D eigenvalue weighted by molar-refractivity contribution is 0.516. The van der Waals surface area contributed by atoms with Crippen molar-refractivity contribution in [3.05, 3.63) is 37.0 Å². The number of rotatable bonds is 2. The molecule has 76 valence electrons. The molecule has 0 N–H and O–H groups in total. The van der Waals surface area contributed by atoms with Crippen molar-refractivity contribution in [2.24, 2.45) is 5.41 Å². The van der Waals surface area contributed by atoms with Crippen molar-refractivity contribution in [2.75, 3.05) is 0 Å². The number of hydrogen-bond donors (Lipinski definition) is 0. The molecular formula is C13H24. The highest BCUT2D eigenvalue weighted by atomic mass is 14.2. The third-order valence-electron chi connectivity index (χ3n) is 1.71. The van der Waals surface area contributed by atoms with Gasteiger partial charge in [0, 0.05) is 0 Å². The Morgan fingerprint density at radius 2 is 1.69 bits per heavy atom. The molecule has 0 nitrogen and oxygen atoms in total. The maximum Gasteiger partial charge on any atom is -0.0135 e. The molecule has 0 aromatic rings. The molecule has 0 heterocycles. The Hall–Kier alpha value is -0.780. The SMILES string of the molecule is C/C=C(\C=C/CC)C(C)(C)C.C=C. The topological polar surface area (TPSA) is 0 Å². The van der Waals surface area contributed by atoms with Crippen molar-refractivity contribution in [3.63, 3.8) is 0 Å². The second-order valence-corrected chi connectivity index (χ2v) is 3.80. The predicted molar refractivity (Wildman–Crippen MR) is 63.9 cm³/mol. The van der Waals surface area contributed by atoms with Gasteiger partial charge in [0.05, 0.1) is 0 Å². The summed E-state index contributed by atoms with van der Waals surface area (Å²) in [6.45, 7) is 17.0. The highest BCUT2D eigenvalue weighted by Crippen LogP contribution is 2.25. The van der Waals surface area contributed by atoms with Gasteiger partial charge in [-0.15, -0.1) is 13.2 Å². The van der Waals surface area contributed by atoms with E-state index >= 15 is 0 Å². The first-order valence-electron chi connectivity index (χ1n) is 4.85. The van der Waals surface area contributed by atoms with Crippen LogP contribution in [0, 0.1) is 5.41 Å². The molecule has 0 saturated carbocycles. The fourth-order valence-electron chi connectivity index (χ4n) is 1.02. The monoisotopic (exact) mass is 180 g/mol. The first kappa shape index (κ1) is 14.7. The normalized spacial score (nSPS) is 12.5. The Bertz CT molecular complexity index is 165. The minimum Gasteiger partial charge on any atom is -0.106 e. The van der Waals surface area contributed by atoms with Crippen molar-refractivity contribution < 1.29 is 0 Å². The highest BCUT2D eigenvalue weighted by Gasteiger charge is 2.12. The van der Waals surface area contributed by atoms with Gasteiger partial charge in [0.15, 0.2) is 0 Å². The maximum absolute atomic E-state index is 3.00. The lowest BCUT2D eigenvalue weighted by atomic mass is 9.86. The summed E-state index contributed by atoms with van der Waals surface area (Å²) < 4.78 is 0. The summed E-state index contributed by atoms with van der Waals surface area (Å²) in [6, 6.07) is 0. The number of hydrogen-bond acceptors (Lipinski definition) is 0. The van der Waals surface area contributed by atoms with Gasteiger partial charge in [-0.2, -0.15) is 0 Å². The van der Waals surface area contributed by atoms with E-state index in [1.165, 1.54) is 5.57 Å². The zero-order chi connectivity index (χ0) is 10.9. The molecule has 0 radical (unpaired) electrons. The summed E-state index contributed by atoms with van der Waals surface area (Å²) in [7, 11) is 0. The molecule has 0 heteroatoms. The summed E-state index contributed by atoms with van der Waals surface area (Å²) in [5.41, 5.74) is 1.71. The van der Waals surface area contributed by atoms with Crippen molar-refractivity contribution in [2.45, 2.75) is 41.0 Å². The quantitative estimate of drug-likeness (QED) is 0.425. The summed E-state index contributed by atoms with van der Waals surface area (Å²) in [6.07, 6.45) is 7.74. The van der Waals surface area contributed by atoms with Crippen molar-refractivity contribution in [1.82, 2.24) is 0 Å². The van der Waals surface area contributed by atoms with E-state index in [1.807, 2.05) is 0 Å². The van der Waals surface area contributed by atoms with Crippen molar-refractivity contribution in [1.29, 1.82) is 0 Å². The third kappa shape index (κ3) is 7.58. The zero-order valence-corrected chi connectivity index (χ0v) is 9.85. The van der Waals surface area contributed by atoms with Crippen molar-refractivity contribution in [3.8, 4) is 0 Å². The fraction of sp³-hybridized carbons (Fsp3) is 0.538. The van der Waals surface area contributed by atoms with Crippen LogP contribution in [0.1, 0.15) is 41.0 Å². The van der Waals surface area contributed by atoms with Crippen LogP contribution >= 0.6 is 0 Å². The summed E-state index contributed by atoms with van der Waals surface area (Å²) in [5.74, 6) is 0. The van der Waals surface area contributed by atoms with Gasteiger partial charge in [0.25, 0.3) is 0 Å². The molecule has 0 atom stereocenters. The Balaban J connectivity index is 0. The van der Waals surface area contributed by atoms with Crippen LogP contribution in [0.4, 0.5) is 0 Å². The average Bonchev–Trinajstić information content (AvgIpc) is 2.07. The van der Waals surface area contributed by atoms with Gasteiger partial charge >= 0.3 is 0 Å². The van der Waals surface area contributed by atoms with E-state index in [0.717, 1.165) is 6.42 Å². The standard InChI is InChI=1S/C11H20.C2H4/c1-6-8-9-10(7-2)11(3,4)5;1-2/h7-9H,6H2,1-5H3;1-2H2/b9-8-,10-7+;. The minimum atomic E-state index is 0.292. The van der Waals surface area contributed by atoms with Gasteiger partial charge in [-0.05, 0) is 24.3 Å². The van der Waals surface area contributed by atoms with Gasteiger partial charge < -0.3 is 0 Å². The van der Waals surface area contributed by atoms with Crippen molar-refractivity contribution >= 4 is 0 Å². The van der Waals surface area contributed by atoms with Gasteiger partial charge in [-0.25, -0.2) is 0 Å². The molecule has 0 aliphatic carbocycles. The third-order valence-corrected chi connectivity index (χ3v) is 1.71. The molecule has 0 saturated heterocycles. The lowest BCUT2D eigenvalue weighted by Crippen LogP contribution is -2.06. The van der Waals surface area contributed by atoms with Crippen LogP contribution < -0.4 is 0 Å². The predicted octanol–water partition coefficient (Wildman–Crippen LogP) is 4.75. The maximum atomic E-state index is 3.00. The van der Waals surface area contributed by atoms with Crippen LogP contribution in [0.15, 0.2) is 37.0 Å². The Kier molecular flexibility index (Phi) is 8.89. The van der Waals surface area contributed by atoms with Crippen LogP contribution in [-0.2, 0) is 0 Å². The molecule has 0 fully saturated rings. The van der Waals surface area contributed by atoms with E-state index in [1.54, 1.807) is 0 Å². The largest absolute Gasteiger partial charge is 0.106 e. The molecule has 0 amide bonds. The van der Waals surface area contributed by atoms with Crippen LogP contribution in [0.2, 0.25) is 0 Å². The molecule has 0 bridgehead atoms. The molecule has 0 unspecified atom stereocenters. The van der Waals surface area contributed by atoms with E-state index in [-0.39, 0.29) is 0 Å². The second kappa shape index (κ2) is 7.85. The van der Waals surface area contributed by atoms with E-state index < -0.39 is 0 Å². The van der Waals surface area contributed by atoms with E-state index in [0.29, 0.717) is 5.41 Å². The highest BCUT2D eigenvalue weighted by molar-refractivity contribution is 5.23. The van der Waals surface area contributed by atoms with E-state index in [2.05, 4.69) is 66.0 Å². The summed E-state index contributed by atoms with van der Waals surface area (Å²) in [5, 5.41) is 0. The van der Waals surface area contributed by atoms with E-state index in [4.69, 9.17) is 0 Å². The fourth-order valence-corrected chi connectivity index (χ4v) is 1.02. The molecular weight excluding hydrogens is 156 g/mol. The summed E-state index contributed by atoms with van der Waals surface area (Å²) >= 11 is 0. The van der Waals surface area contributed by atoms with Crippen LogP contribution in [-0.4, -0.2) is 0 Å². The zero-order valence-electron chi connectivity index (χ0n) is 9.85. The molecule has 0 aliphatic rings. The Morgan fingerprint density at radius 1 is 1.23 bits per heavy atom. The summed E-state index contributed by atoms with van der Waals surface area (Å²) in [4.78, 5) is 0. The number of allylic oxidation sites excluding steroid dienone is 4. The van der Waals surface area contributed by atoms with Gasteiger partial charge in [-0.1, -0.05) is 45.9 Å². The Labute approximate surface area is 84.1 Å². The minimum absolute atomic E-state index is 0.292. The molecule has 0 aliphatic heterocycles. The second-order valence-electron chi connectivity index (χ2n) is 3.80. The van der Waals surface area contributed by atoms with Gasteiger partial charge in [0.2, 0.25) is 0 Å². The average molecular weight is 180 g/mol. The molecule has 0 aromatic heterocycles. The van der Waals surface area contributed by atoms with Gasteiger partial charge in [0.1, 0.15) is 0 Å². The molecule has 13 heavy (non-hydrogen) atoms. The first-order valence-corrected chi connectivity index (χ1v) is 4.85. The van der Waals surface area contributed by atoms with Crippen LogP contribution in [0.3, 0.4) is 0 Å².